The predicted molar refractivity (Wildman–Crippen MR) is 75.5 cm³/mol. The number of rotatable bonds is 3. The van der Waals surface area contributed by atoms with Crippen molar-refractivity contribution in [1.82, 2.24) is 4.90 Å². The Morgan fingerprint density at radius 1 is 1.42 bits per heavy atom. The molecule has 1 heterocycles. The second-order valence-corrected chi connectivity index (χ2v) is 5.57. The lowest BCUT2D eigenvalue weighted by molar-refractivity contribution is -0.117. The van der Waals surface area contributed by atoms with Crippen LogP contribution in [0, 0.1) is 6.92 Å². The molecule has 0 aliphatic carbocycles. The van der Waals surface area contributed by atoms with Gasteiger partial charge in [-0.1, -0.05) is 17.7 Å². The van der Waals surface area contributed by atoms with Crippen LogP contribution >= 0.6 is 11.6 Å². The van der Waals surface area contributed by atoms with Crippen molar-refractivity contribution in [3.8, 4) is 0 Å². The van der Waals surface area contributed by atoms with E-state index in [0.717, 1.165) is 24.9 Å². The minimum Gasteiger partial charge on any atom is -0.335 e. The highest BCUT2D eigenvalue weighted by Crippen LogP contribution is 2.24. The van der Waals surface area contributed by atoms with Crippen molar-refractivity contribution in [1.29, 1.82) is 0 Å². The quantitative estimate of drug-likeness (QED) is 0.852. The topological polar surface area (TPSA) is 37.4 Å². The molecule has 1 amide bonds. The molecule has 4 heteroatoms. The van der Waals surface area contributed by atoms with Gasteiger partial charge in [0.1, 0.15) is 5.78 Å². The maximum absolute atomic E-state index is 12.5. The number of hydrogen-bond acceptors (Lipinski definition) is 2. The summed E-state index contributed by atoms with van der Waals surface area (Å²) in [6, 6.07) is 5.41. The fourth-order valence-electron chi connectivity index (χ4n) is 2.54. The molecule has 0 bridgehead atoms. The standard InChI is InChI=1S/C15H18ClNO2/c1-10-5-6-12(9-14(10)16)15(19)17-7-3-4-13(17)8-11(2)18/h5-6,9,13H,3-4,7-8H2,1-2H3. The van der Waals surface area contributed by atoms with Gasteiger partial charge in [0.2, 0.25) is 0 Å². The van der Waals surface area contributed by atoms with Gasteiger partial charge in [-0.05, 0) is 44.4 Å². The average Bonchev–Trinajstić information content (AvgIpc) is 2.79. The molecule has 0 N–H and O–H groups in total. The summed E-state index contributed by atoms with van der Waals surface area (Å²) in [6.07, 6.45) is 2.32. The number of carbonyl (C=O) groups excluding carboxylic acids is 2. The SMILES string of the molecule is CC(=O)CC1CCCN1C(=O)c1ccc(C)c(Cl)c1. The van der Waals surface area contributed by atoms with Crippen LogP contribution in [0.1, 0.15) is 42.1 Å². The molecule has 1 aliphatic heterocycles. The molecule has 0 saturated carbocycles. The van der Waals surface area contributed by atoms with E-state index in [0.29, 0.717) is 17.0 Å². The first kappa shape index (κ1) is 14.1. The number of hydrogen-bond donors (Lipinski definition) is 0. The Morgan fingerprint density at radius 3 is 2.79 bits per heavy atom. The summed E-state index contributed by atoms with van der Waals surface area (Å²) in [7, 11) is 0. The molecule has 0 spiro atoms. The molecule has 19 heavy (non-hydrogen) atoms. The summed E-state index contributed by atoms with van der Waals surface area (Å²) in [5.41, 5.74) is 1.56. The Bertz CT molecular complexity index is 513. The Kier molecular flexibility index (Phi) is 4.25. The van der Waals surface area contributed by atoms with Crippen LogP contribution in [0.15, 0.2) is 18.2 Å². The third-order valence-electron chi connectivity index (χ3n) is 3.58. The Hall–Kier alpha value is -1.35. The number of aryl methyl sites for hydroxylation is 1. The number of benzene rings is 1. The van der Waals surface area contributed by atoms with Crippen molar-refractivity contribution < 1.29 is 9.59 Å². The summed E-state index contributed by atoms with van der Waals surface area (Å²) >= 11 is 6.06. The highest BCUT2D eigenvalue weighted by Gasteiger charge is 2.30. The van der Waals surface area contributed by atoms with E-state index in [1.54, 1.807) is 19.1 Å². The van der Waals surface area contributed by atoms with Crippen LogP contribution in [0.25, 0.3) is 0 Å². The fourth-order valence-corrected chi connectivity index (χ4v) is 2.72. The molecule has 1 atom stereocenters. The molecular formula is C15H18ClNO2. The zero-order valence-electron chi connectivity index (χ0n) is 11.3. The summed E-state index contributed by atoms with van der Waals surface area (Å²) < 4.78 is 0. The number of Topliss-reactive ketones (excluding diaryl/α,β-unsaturated/α-hetero) is 1. The molecular weight excluding hydrogens is 262 g/mol. The van der Waals surface area contributed by atoms with Crippen LogP contribution in [-0.2, 0) is 4.79 Å². The van der Waals surface area contributed by atoms with Crippen molar-refractivity contribution >= 4 is 23.3 Å². The molecule has 1 unspecified atom stereocenters. The van der Waals surface area contributed by atoms with Crippen molar-refractivity contribution in [2.45, 2.75) is 39.2 Å². The zero-order valence-corrected chi connectivity index (χ0v) is 12.0. The molecule has 1 aromatic rings. The molecule has 1 aliphatic rings. The first-order chi connectivity index (χ1) is 8.99. The van der Waals surface area contributed by atoms with E-state index in [1.165, 1.54) is 0 Å². The van der Waals surface area contributed by atoms with E-state index in [9.17, 15) is 9.59 Å². The third-order valence-corrected chi connectivity index (χ3v) is 3.99. The minimum absolute atomic E-state index is 0.0225. The van der Waals surface area contributed by atoms with E-state index < -0.39 is 0 Å². The van der Waals surface area contributed by atoms with Gasteiger partial charge >= 0.3 is 0 Å². The lowest BCUT2D eigenvalue weighted by atomic mass is 10.1. The van der Waals surface area contributed by atoms with Gasteiger partial charge in [0.25, 0.3) is 5.91 Å². The van der Waals surface area contributed by atoms with E-state index >= 15 is 0 Å². The molecule has 1 saturated heterocycles. The second-order valence-electron chi connectivity index (χ2n) is 5.16. The Balaban J connectivity index is 2.18. The summed E-state index contributed by atoms with van der Waals surface area (Å²) in [5.74, 6) is 0.109. The largest absolute Gasteiger partial charge is 0.335 e. The normalized spacial score (nSPS) is 18.7. The van der Waals surface area contributed by atoms with Gasteiger partial charge in [-0.3, -0.25) is 9.59 Å². The molecule has 102 valence electrons. The zero-order chi connectivity index (χ0) is 14.0. The van der Waals surface area contributed by atoms with E-state index in [-0.39, 0.29) is 17.7 Å². The van der Waals surface area contributed by atoms with Crippen molar-refractivity contribution in [2.24, 2.45) is 0 Å². The first-order valence-corrected chi connectivity index (χ1v) is 6.93. The van der Waals surface area contributed by atoms with Crippen LogP contribution < -0.4 is 0 Å². The maximum Gasteiger partial charge on any atom is 0.254 e. The van der Waals surface area contributed by atoms with E-state index in [4.69, 9.17) is 11.6 Å². The van der Waals surface area contributed by atoms with Crippen LogP contribution in [0.2, 0.25) is 5.02 Å². The average molecular weight is 280 g/mol. The van der Waals surface area contributed by atoms with Crippen LogP contribution in [0.4, 0.5) is 0 Å². The second kappa shape index (κ2) is 5.74. The Morgan fingerprint density at radius 2 is 2.16 bits per heavy atom. The van der Waals surface area contributed by atoms with Crippen LogP contribution in [-0.4, -0.2) is 29.2 Å². The predicted octanol–water partition coefficient (Wildman–Crippen LogP) is 3.23. The molecule has 1 fully saturated rings. The lowest BCUT2D eigenvalue weighted by Crippen LogP contribution is -2.36. The number of amides is 1. The molecule has 0 aromatic heterocycles. The maximum atomic E-state index is 12.5. The number of halogens is 1. The highest BCUT2D eigenvalue weighted by atomic mass is 35.5. The third kappa shape index (κ3) is 3.16. The highest BCUT2D eigenvalue weighted by molar-refractivity contribution is 6.31. The van der Waals surface area contributed by atoms with Crippen LogP contribution in [0.3, 0.4) is 0 Å². The summed E-state index contributed by atoms with van der Waals surface area (Å²) in [6.45, 7) is 4.21. The van der Waals surface area contributed by atoms with Gasteiger partial charge in [0, 0.05) is 29.6 Å². The number of carbonyl (C=O) groups is 2. The van der Waals surface area contributed by atoms with Crippen molar-refractivity contribution in [3.05, 3.63) is 34.3 Å². The fraction of sp³-hybridized carbons (Fsp3) is 0.467. The molecule has 1 aromatic carbocycles. The summed E-state index contributed by atoms with van der Waals surface area (Å²) in [4.78, 5) is 25.5. The lowest BCUT2D eigenvalue weighted by Gasteiger charge is -2.24. The molecule has 3 nitrogen and oxygen atoms in total. The number of nitrogens with zero attached hydrogens (tertiary/aromatic N) is 1. The molecule has 2 rings (SSSR count). The smallest absolute Gasteiger partial charge is 0.254 e. The summed E-state index contributed by atoms with van der Waals surface area (Å²) in [5, 5.41) is 0.605. The first-order valence-electron chi connectivity index (χ1n) is 6.55. The Labute approximate surface area is 118 Å². The van der Waals surface area contributed by atoms with Gasteiger partial charge in [-0.15, -0.1) is 0 Å². The minimum atomic E-state index is -0.0225. The van der Waals surface area contributed by atoms with E-state index in [1.807, 2.05) is 17.9 Å². The van der Waals surface area contributed by atoms with Crippen molar-refractivity contribution in [2.75, 3.05) is 6.54 Å². The van der Waals surface area contributed by atoms with Crippen molar-refractivity contribution in [3.63, 3.8) is 0 Å². The van der Waals surface area contributed by atoms with Gasteiger partial charge in [0.05, 0.1) is 0 Å². The van der Waals surface area contributed by atoms with Gasteiger partial charge in [0.15, 0.2) is 0 Å². The van der Waals surface area contributed by atoms with E-state index in [2.05, 4.69) is 0 Å². The number of ketones is 1. The van der Waals surface area contributed by atoms with Gasteiger partial charge in [-0.2, -0.15) is 0 Å². The monoisotopic (exact) mass is 279 g/mol. The number of likely N-dealkylation sites (tertiary alicyclic amines) is 1. The van der Waals surface area contributed by atoms with Crippen LogP contribution in [0.5, 0.6) is 0 Å². The van der Waals surface area contributed by atoms with Gasteiger partial charge < -0.3 is 4.90 Å². The molecule has 0 radical (unpaired) electrons. The van der Waals surface area contributed by atoms with Gasteiger partial charge in [-0.25, -0.2) is 0 Å².